The Hall–Kier alpha value is -2.12. The van der Waals surface area contributed by atoms with E-state index in [-0.39, 0.29) is 0 Å². The van der Waals surface area contributed by atoms with Gasteiger partial charge in [-0.05, 0) is 46.5 Å². The molecule has 0 aliphatic heterocycles. The van der Waals surface area contributed by atoms with Gasteiger partial charge in [0.25, 0.3) is 0 Å². The minimum atomic E-state index is 0.441. The Balaban J connectivity index is 2.31. The van der Waals surface area contributed by atoms with Gasteiger partial charge in [0.15, 0.2) is 0 Å². The van der Waals surface area contributed by atoms with Crippen LogP contribution >= 0.6 is 0 Å². The van der Waals surface area contributed by atoms with Gasteiger partial charge in [0.2, 0.25) is 0 Å². The number of rotatable bonds is 6. The molecule has 116 valence electrons. The van der Waals surface area contributed by atoms with Crippen molar-refractivity contribution in [3.63, 3.8) is 0 Å². The summed E-state index contributed by atoms with van der Waals surface area (Å²) in [5.74, 6) is 0. The van der Waals surface area contributed by atoms with Gasteiger partial charge >= 0.3 is 0 Å². The number of hydrogen-bond acceptors (Lipinski definition) is 6. The molecule has 0 amide bonds. The van der Waals surface area contributed by atoms with Crippen LogP contribution in [0.4, 0.5) is 11.4 Å². The first-order valence-corrected chi connectivity index (χ1v) is 7.16. The molecule has 0 unspecified atom stereocenters. The van der Waals surface area contributed by atoms with Crippen LogP contribution in [0.15, 0.2) is 46.6 Å². The third-order valence-corrected chi connectivity index (χ3v) is 3.30. The van der Waals surface area contributed by atoms with E-state index in [0.29, 0.717) is 26.2 Å². The first-order chi connectivity index (χ1) is 10.7. The van der Waals surface area contributed by atoms with E-state index in [2.05, 4.69) is 10.2 Å². The fourth-order valence-corrected chi connectivity index (χ4v) is 2.19. The fourth-order valence-electron chi connectivity index (χ4n) is 2.19. The highest BCUT2D eigenvalue weighted by Crippen LogP contribution is 2.23. The Morgan fingerprint density at radius 2 is 0.773 bits per heavy atom. The van der Waals surface area contributed by atoms with Crippen molar-refractivity contribution in [1.29, 1.82) is 0 Å². The number of nitrogens with zero attached hydrogens (tertiary/aromatic N) is 2. The molecule has 0 saturated heterocycles. The lowest BCUT2D eigenvalue weighted by atomic mass is 10.1. The van der Waals surface area contributed by atoms with Gasteiger partial charge in [-0.1, -0.05) is 12.1 Å². The molecule has 6 heteroatoms. The number of hydrogen-bond donors (Lipinski definition) is 4. The van der Waals surface area contributed by atoms with Crippen LogP contribution in [-0.2, 0) is 26.2 Å². The molecular formula is C16H22N6. The molecule has 0 radical (unpaired) electrons. The predicted molar refractivity (Wildman–Crippen MR) is 88.6 cm³/mol. The Morgan fingerprint density at radius 1 is 0.500 bits per heavy atom. The smallest absolute Gasteiger partial charge is 0.0863 e. The summed E-state index contributed by atoms with van der Waals surface area (Å²) in [6.45, 7) is 1.76. The van der Waals surface area contributed by atoms with Crippen molar-refractivity contribution in [3.8, 4) is 0 Å². The highest BCUT2D eigenvalue weighted by atomic mass is 15.1. The van der Waals surface area contributed by atoms with Gasteiger partial charge < -0.3 is 22.9 Å². The second kappa shape index (κ2) is 7.77. The van der Waals surface area contributed by atoms with Gasteiger partial charge in [0.05, 0.1) is 11.4 Å². The van der Waals surface area contributed by atoms with Gasteiger partial charge in [0.1, 0.15) is 0 Å². The van der Waals surface area contributed by atoms with Crippen molar-refractivity contribution in [2.45, 2.75) is 26.2 Å². The third-order valence-electron chi connectivity index (χ3n) is 3.30. The molecule has 8 N–H and O–H groups in total. The van der Waals surface area contributed by atoms with Gasteiger partial charge in [-0.3, -0.25) is 0 Å². The largest absolute Gasteiger partial charge is 0.326 e. The summed E-state index contributed by atoms with van der Waals surface area (Å²) in [4.78, 5) is 0. The zero-order chi connectivity index (χ0) is 15.9. The maximum absolute atomic E-state index is 5.68. The van der Waals surface area contributed by atoms with E-state index in [4.69, 9.17) is 22.9 Å². The molecule has 0 aliphatic rings. The van der Waals surface area contributed by atoms with Crippen molar-refractivity contribution >= 4 is 11.4 Å². The summed E-state index contributed by atoms with van der Waals surface area (Å²) in [6.07, 6.45) is 0. The average molecular weight is 298 g/mol. The second-order valence-electron chi connectivity index (χ2n) is 5.03. The first-order valence-electron chi connectivity index (χ1n) is 7.16. The first kappa shape index (κ1) is 16.3. The number of benzene rings is 2. The van der Waals surface area contributed by atoms with Crippen LogP contribution in [0.25, 0.3) is 0 Å². The highest BCUT2D eigenvalue weighted by Gasteiger charge is 2.01. The lowest BCUT2D eigenvalue weighted by molar-refractivity contribution is 1.01. The van der Waals surface area contributed by atoms with E-state index >= 15 is 0 Å². The standard InChI is InChI=1S/C16H22N6/c17-7-11-1-12(8-18)4-15(3-11)21-22-16-5-13(9-19)2-14(6-16)10-20/h1-6H,7-10,17-20H2. The van der Waals surface area contributed by atoms with E-state index in [9.17, 15) is 0 Å². The molecule has 0 saturated carbocycles. The van der Waals surface area contributed by atoms with Crippen LogP contribution in [0.5, 0.6) is 0 Å². The molecule has 0 fully saturated rings. The zero-order valence-electron chi connectivity index (χ0n) is 12.5. The summed E-state index contributed by atoms with van der Waals surface area (Å²) in [5.41, 5.74) is 28.1. The summed E-state index contributed by atoms with van der Waals surface area (Å²) in [7, 11) is 0. The van der Waals surface area contributed by atoms with E-state index in [1.54, 1.807) is 0 Å². The van der Waals surface area contributed by atoms with Crippen molar-refractivity contribution < 1.29 is 0 Å². The van der Waals surface area contributed by atoms with Crippen molar-refractivity contribution in [2.75, 3.05) is 0 Å². The van der Waals surface area contributed by atoms with E-state index in [1.807, 2.05) is 36.4 Å². The Morgan fingerprint density at radius 3 is 1.00 bits per heavy atom. The molecule has 2 rings (SSSR count). The molecule has 22 heavy (non-hydrogen) atoms. The van der Waals surface area contributed by atoms with E-state index in [0.717, 1.165) is 33.6 Å². The molecule has 0 heterocycles. The van der Waals surface area contributed by atoms with Gasteiger partial charge in [-0.25, -0.2) is 0 Å². The molecule has 6 nitrogen and oxygen atoms in total. The zero-order valence-corrected chi connectivity index (χ0v) is 12.5. The minimum Gasteiger partial charge on any atom is -0.326 e. The van der Waals surface area contributed by atoms with Crippen LogP contribution in [-0.4, -0.2) is 0 Å². The Kier molecular flexibility index (Phi) is 5.74. The lowest BCUT2D eigenvalue weighted by Crippen LogP contribution is -2.01. The monoisotopic (exact) mass is 298 g/mol. The average Bonchev–Trinajstić information content (AvgIpc) is 2.59. The number of azo groups is 1. The molecule has 0 aliphatic carbocycles. The quantitative estimate of drug-likeness (QED) is 0.607. The summed E-state index contributed by atoms with van der Waals surface area (Å²) < 4.78 is 0. The topological polar surface area (TPSA) is 129 Å². The predicted octanol–water partition coefficient (Wildman–Crippen LogP) is 1.94. The van der Waals surface area contributed by atoms with Crippen LogP contribution < -0.4 is 22.9 Å². The SMILES string of the molecule is NCc1cc(CN)cc(N=Nc2cc(CN)cc(CN)c2)c1. The number of nitrogens with two attached hydrogens (primary N) is 4. The maximum atomic E-state index is 5.68. The molecular weight excluding hydrogens is 276 g/mol. The highest BCUT2D eigenvalue weighted by molar-refractivity contribution is 5.47. The van der Waals surface area contributed by atoms with Gasteiger partial charge in [-0.2, -0.15) is 10.2 Å². The molecule has 0 spiro atoms. The Bertz CT molecular complexity index is 564. The summed E-state index contributed by atoms with van der Waals surface area (Å²) >= 11 is 0. The van der Waals surface area contributed by atoms with Crippen LogP contribution in [0.2, 0.25) is 0 Å². The third kappa shape index (κ3) is 4.19. The van der Waals surface area contributed by atoms with E-state index in [1.165, 1.54) is 0 Å². The fraction of sp³-hybridized carbons (Fsp3) is 0.250. The minimum absolute atomic E-state index is 0.441. The lowest BCUT2D eigenvalue weighted by Gasteiger charge is -2.05. The van der Waals surface area contributed by atoms with Crippen molar-refractivity contribution in [2.24, 2.45) is 33.2 Å². The van der Waals surface area contributed by atoms with Crippen molar-refractivity contribution in [3.05, 3.63) is 58.7 Å². The Labute approximate surface area is 130 Å². The summed E-state index contributed by atoms with van der Waals surface area (Å²) in [6, 6.07) is 11.6. The van der Waals surface area contributed by atoms with Gasteiger partial charge in [0, 0.05) is 26.2 Å². The summed E-state index contributed by atoms with van der Waals surface area (Å²) in [5, 5.41) is 8.55. The van der Waals surface area contributed by atoms with Crippen molar-refractivity contribution in [1.82, 2.24) is 0 Å². The molecule has 2 aromatic rings. The van der Waals surface area contributed by atoms with Gasteiger partial charge in [-0.15, -0.1) is 0 Å². The van der Waals surface area contributed by atoms with Crippen LogP contribution in [0.3, 0.4) is 0 Å². The van der Waals surface area contributed by atoms with Crippen LogP contribution in [0, 0.1) is 0 Å². The normalized spacial score (nSPS) is 11.3. The molecule has 0 bridgehead atoms. The maximum Gasteiger partial charge on any atom is 0.0863 e. The molecule has 0 atom stereocenters. The molecule has 0 aromatic heterocycles. The van der Waals surface area contributed by atoms with E-state index < -0.39 is 0 Å². The molecule has 2 aromatic carbocycles. The van der Waals surface area contributed by atoms with Crippen LogP contribution in [0.1, 0.15) is 22.3 Å². The second-order valence-corrected chi connectivity index (χ2v) is 5.03.